The van der Waals surface area contributed by atoms with Gasteiger partial charge in [-0.05, 0) is 130 Å². The van der Waals surface area contributed by atoms with Gasteiger partial charge in [-0.15, -0.1) is 0 Å². The molecule has 0 aliphatic heterocycles. The van der Waals surface area contributed by atoms with Gasteiger partial charge in [0.2, 0.25) is 0 Å². The summed E-state index contributed by atoms with van der Waals surface area (Å²) in [6.45, 7) is 0. The highest BCUT2D eigenvalue weighted by molar-refractivity contribution is 6.12. The van der Waals surface area contributed by atoms with Crippen LogP contribution in [0.5, 0.6) is 0 Å². The summed E-state index contributed by atoms with van der Waals surface area (Å²) in [6, 6.07) is 78.8. The molecule has 0 bridgehead atoms. The van der Waals surface area contributed by atoms with E-state index in [-0.39, 0.29) is 0 Å². The molecule has 0 aliphatic rings. The Hall–Kier alpha value is -8.60. The molecule has 14 aromatic rings. The highest BCUT2D eigenvalue weighted by Crippen LogP contribution is 2.41. The van der Waals surface area contributed by atoms with Gasteiger partial charge in [0.15, 0.2) is 0 Å². The van der Waals surface area contributed by atoms with Gasteiger partial charge >= 0.3 is 0 Å². The maximum absolute atomic E-state index is 6.48. The predicted molar refractivity (Wildman–Crippen MR) is 266 cm³/mol. The van der Waals surface area contributed by atoms with E-state index in [0.717, 1.165) is 88.6 Å². The van der Waals surface area contributed by atoms with Gasteiger partial charge < -0.3 is 18.0 Å². The van der Waals surface area contributed by atoms with Crippen LogP contribution in [0.25, 0.3) is 132 Å². The van der Waals surface area contributed by atoms with Crippen LogP contribution in [-0.4, -0.2) is 9.13 Å². The second kappa shape index (κ2) is 13.4. The van der Waals surface area contributed by atoms with E-state index in [1.54, 1.807) is 0 Å². The summed E-state index contributed by atoms with van der Waals surface area (Å²) >= 11 is 0. The zero-order valence-corrected chi connectivity index (χ0v) is 34.5. The van der Waals surface area contributed by atoms with Crippen molar-refractivity contribution in [3.63, 3.8) is 0 Å². The van der Waals surface area contributed by atoms with E-state index in [9.17, 15) is 0 Å². The van der Waals surface area contributed by atoms with Crippen molar-refractivity contribution in [1.29, 1.82) is 0 Å². The van der Waals surface area contributed by atoms with Gasteiger partial charge in [-0.25, -0.2) is 0 Å². The summed E-state index contributed by atoms with van der Waals surface area (Å²) in [4.78, 5) is 0. The SMILES string of the molecule is c1cc(-c2cc(-c3ccc4oc5ccccc5c4c3)cc(-n3c4ccccc4c4ccccc43)c2)cc(-c2ccc3oc4ccc(-n5c6ccccc6c6ccccc65)cc4c3c2)c1. The summed E-state index contributed by atoms with van der Waals surface area (Å²) in [7, 11) is 0. The summed E-state index contributed by atoms with van der Waals surface area (Å²) in [5, 5.41) is 9.40. The van der Waals surface area contributed by atoms with E-state index in [0.29, 0.717) is 0 Å². The van der Waals surface area contributed by atoms with E-state index in [1.165, 1.54) is 43.6 Å². The number of fused-ring (bicyclic) bond motifs is 12. The van der Waals surface area contributed by atoms with Gasteiger partial charge in [0.05, 0.1) is 22.1 Å². The molecule has 4 nitrogen and oxygen atoms in total. The molecule has 0 unspecified atom stereocenters. The third kappa shape index (κ3) is 5.23. The first-order valence-corrected chi connectivity index (χ1v) is 21.8. The highest BCUT2D eigenvalue weighted by atomic mass is 16.3. The lowest BCUT2D eigenvalue weighted by atomic mass is 9.94. The number of para-hydroxylation sites is 5. The Labute approximate surface area is 367 Å². The lowest BCUT2D eigenvalue weighted by Crippen LogP contribution is -1.96. The van der Waals surface area contributed by atoms with E-state index >= 15 is 0 Å². The fraction of sp³-hybridized carbons (Fsp3) is 0. The monoisotopic (exact) mass is 816 g/mol. The Morgan fingerprint density at radius 2 is 0.594 bits per heavy atom. The maximum atomic E-state index is 6.48. The summed E-state index contributed by atoms with van der Waals surface area (Å²) in [5.74, 6) is 0. The highest BCUT2D eigenvalue weighted by Gasteiger charge is 2.18. The number of benzene rings is 10. The molecule has 4 aromatic heterocycles. The predicted octanol–water partition coefficient (Wildman–Crippen LogP) is 16.7. The van der Waals surface area contributed by atoms with Crippen LogP contribution in [0.1, 0.15) is 0 Å². The number of nitrogens with zero attached hydrogens (tertiary/aromatic N) is 2. The van der Waals surface area contributed by atoms with Crippen LogP contribution in [0.15, 0.2) is 227 Å². The normalized spacial score (nSPS) is 12.1. The molecule has 0 N–H and O–H groups in total. The molecule has 0 fully saturated rings. The first-order chi connectivity index (χ1) is 31.7. The first kappa shape index (κ1) is 35.0. The van der Waals surface area contributed by atoms with Crippen LogP contribution < -0.4 is 0 Å². The number of aromatic nitrogens is 2. The smallest absolute Gasteiger partial charge is 0.135 e. The second-order valence-corrected chi connectivity index (χ2v) is 16.9. The molecule has 0 aliphatic carbocycles. The number of hydrogen-bond acceptors (Lipinski definition) is 2. The minimum atomic E-state index is 0.875. The molecule has 298 valence electrons. The molecule has 64 heavy (non-hydrogen) atoms. The molecule has 0 atom stereocenters. The molecular weight excluding hydrogens is 781 g/mol. The van der Waals surface area contributed by atoms with Gasteiger partial charge in [0, 0.05) is 54.5 Å². The first-order valence-electron chi connectivity index (χ1n) is 21.8. The molecule has 0 spiro atoms. The Kier molecular flexibility index (Phi) is 7.36. The third-order valence-electron chi connectivity index (χ3n) is 13.3. The lowest BCUT2D eigenvalue weighted by Gasteiger charge is -2.15. The van der Waals surface area contributed by atoms with Crippen molar-refractivity contribution in [3.8, 4) is 44.8 Å². The molecule has 4 heteroatoms. The van der Waals surface area contributed by atoms with E-state index in [1.807, 2.05) is 12.1 Å². The van der Waals surface area contributed by atoms with Crippen molar-refractivity contribution >= 4 is 87.5 Å². The zero-order valence-electron chi connectivity index (χ0n) is 34.5. The average molecular weight is 817 g/mol. The lowest BCUT2D eigenvalue weighted by molar-refractivity contribution is 0.668. The Morgan fingerprint density at radius 3 is 1.16 bits per heavy atom. The Balaban J connectivity index is 0.932. The molecule has 0 saturated carbocycles. The van der Waals surface area contributed by atoms with Crippen LogP contribution >= 0.6 is 0 Å². The Bertz CT molecular complexity index is 4110. The van der Waals surface area contributed by atoms with Crippen LogP contribution in [-0.2, 0) is 0 Å². The standard InChI is InChI=1S/C60H36N2O2/c1-6-19-53-45(14-1)46-15-2-7-20-54(46)61(53)43-26-29-60-52(36-43)51-34-39(24-27-59(51)64-60)37-12-11-13-38(30-37)41-31-42(40-25-28-58-50(35-40)49-18-5-10-23-57(49)63-58)33-44(32-41)62-55-21-8-3-16-47(55)48-17-4-9-22-56(48)62/h1-36H. The van der Waals surface area contributed by atoms with Gasteiger partial charge in [-0.3, -0.25) is 0 Å². The number of furan rings is 2. The number of rotatable bonds is 5. The Morgan fingerprint density at radius 1 is 0.219 bits per heavy atom. The van der Waals surface area contributed by atoms with E-state index < -0.39 is 0 Å². The van der Waals surface area contributed by atoms with Crippen LogP contribution in [0.2, 0.25) is 0 Å². The van der Waals surface area contributed by atoms with Crippen LogP contribution in [0, 0.1) is 0 Å². The minimum Gasteiger partial charge on any atom is -0.456 e. The third-order valence-corrected chi connectivity index (χ3v) is 13.3. The van der Waals surface area contributed by atoms with Crippen LogP contribution in [0.4, 0.5) is 0 Å². The van der Waals surface area contributed by atoms with Crippen molar-refractivity contribution in [2.45, 2.75) is 0 Å². The summed E-state index contributed by atoms with van der Waals surface area (Å²) in [6.07, 6.45) is 0. The van der Waals surface area contributed by atoms with Crippen LogP contribution in [0.3, 0.4) is 0 Å². The molecule has 10 aromatic carbocycles. The number of hydrogen-bond donors (Lipinski definition) is 0. The zero-order chi connectivity index (χ0) is 41.9. The fourth-order valence-electron chi connectivity index (χ4n) is 10.3. The fourth-order valence-corrected chi connectivity index (χ4v) is 10.3. The molecule has 4 heterocycles. The summed E-state index contributed by atoms with van der Waals surface area (Å²) in [5.41, 5.74) is 17.3. The molecule has 0 saturated heterocycles. The maximum Gasteiger partial charge on any atom is 0.135 e. The molecule has 14 rings (SSSR count). The van der Waals surface area contributed by atoms with Crippen molar-refractivity contribution in [2.75, 3.05) is 0 Å². The second-order valence-electron chi connectivity index (χ2n) is 16.9. The van der Waals surface area contributed by atoms with Gasteiger partial charge in [0.1, 0.15) is 22.3 Å². The minimum absolute atomic E-state index is 0.875. The van der Waals surface area contributed by atoms with Crippen molar-refractivity contribution in [3.05, 3.63) is 218 Å². The average Bonchev–Trinajstić information content (AvgIpc) is 4.11. The van der Waals surface area contributed by atoms with Gasteiger partial charge in [-0.2, -0.15) is 0 Å². The molecule has 0 amide bonds. The van der Waals surface area contributed by atoms with Crippen molar-refractivity contribution < 1.29 is 8.83 Å². The van der Waals surface area contributed by atoms with E-state index in [2.05, 4.69) is 215 Å². The molecular formula is C60H36N2O2. The molecule has 0 radical (unpaired) electrons. The largest absolute Gasteiger partial charge is 0.456 e. The summed E-state index contributed by atoms with van der Waals surface area (Å²) < 4.78 is 17.5. The van der Waals surface area contributed by atoms with Crippen molar-refractivity contribution in [1.82, 2.24) is 9.13 Å². The quantitative estimate of drug-likeness (QED) is 0.173. The topological polar surface area (TPSA) is 36.1 Å². The van der Waals surface area contributed by atoms with Crippen molar-refractivity contribution in [2.24, 2.45) is 0 Å². The van der Waals surface area contributed by atoms with Gasteiger partial charge in [-0.1, -0.05) is 121 Å². The van der Waals surface area contributed by atoms with Gasteiger partial charge in [0.25, 0.3) is 0 Å². The van der Waals surface area contributed by atoms with E-state index in [4.69, 9.17) is 8.83 Å².